The summed E-state index contributed by atoms with van der Waals surface area (Å²) in [6.45, 7) is 0. The first-order valence-electron chi connectivity index (χ1n) is 4.76. The van der Waals surface area contributed by atoms with Crippen LogP contribution >= 0.6 is 0 Å². The quantitative estimate of drug-likeness (QED) is 0.829. The normalized spacial score (nSPS) is 9.88. The van der Waals surface area contributed by atoms with Crippen molar-refractivity contribution < 1.29 is 9.90 Å². The van der Waals surface area contributed by atoms with Crippen molar-refractivity contribution >= 4 is 5.97 Å². The minimum Gasteiger partial charge on any atom is -0.477 e. The molecule has 0 aliphatic carbocycles. The van der Waals surface area contributed by atoms with Crippen LogP contribution in [0.4, 0.5) is 0 Å². The van der Waals surface area contributed by atoms with Crippen molar-refractivity contribution in [3.05, 3.63) is 35.8 Å². The SMILES string of the molecule is Cn1ncc(-c2ncccc2C#N)c1C(=O)O. The number of carboxylic acids is 1. The molecule has 84 valence electrons. The molecule has 0 atom stereocenters. The lowest BCUT2D eigenvalue weighted by atomic mass is 10.1. The Labute approximate surface area is 96.8 Å². The molecule has 0 aliphatic rings. The molecule has 6 nitrogen and oxygen atoms in total. The largest absolute Gasteiger partial charge is 0.477 e. The van der Waals surface area contributed by atoms with Gasteiger partial charge in [0.15, 0.2) is 5.69 Å². The molecular weight excluding hydrogens is 220 g/mol. The van der Waals surface area contributed by atoms with Crippen LogP contribution in [0.2, 0.25) is 0 Å². The van der Waals surface area contributed by atoms with Crippen LogP contribution in [0.25, 0.3) is 11.3 Å². The lowest BCUT2D eigenvalue weighted by molar-refractivity contribution is 0.0686. The number of nitriles is 1. The fourth-order valence-corrected chi connectivity index (χ4v) is 1.57. The van der Waals surface area contributed by atoms with Crippen LogP contribution in [0.3, 0.4) is 0 Å². The average molecular weight is 228 g/mol. The molecular formula is C11H8N4O2. The number of hydrogen-bond donors (Lipinski definition) is 1. The van der Waals surface area contributed by atoms with Crippen molar-refractivity contribution in [2.75, 3.05) is 0 Å². The zero-order chi connectivity index (χ0) is 12.4. The lowest BCUT2D eigenvalue weighted by Crippen LogP contribution is -2.07. The van der Waals surface area contributed by atoms with Gasteiger partial charge in [-0.05, 0) is 12.1 Å². The van der Waals surface area contributed by atoms with E-state index in [1.54, 1.807) is 12.1 Å². The van der Waals surface area contributed by atoms with Gasteiger partial charge in [-0.15, -0.1) is 0 Å². The maximum Gasteiger partial charge on any atom is 0.354 e. The minimum atomic E-state index is -1.10. The smallest absolute Gasteiger partial charge is 0.354 e. The van der Waals surface area contributed by atoms with Gasteiger partial charge in [0, 0.05) is 13.2 Å². The van der Waals surface area contributed by atoms with Crippen LogP contribution in [-0.4, -0.2) is 25.8 Å². The molecule has 1 N–H and O–H groups in total. The van der Waals surface area contributed by atoms with Gasteiger partial charge in [0.05, 0.1) is 23.0 Å². The molecule has 0 unspecified atom stereocenters. The summed E-state index contributed by atoms with van der Waals surface area (Å²) in [6, 6.07) is 5.19. The van der Waals surface area contributed by atoms with Gasteiger partial charge in [-0.2, -0.15) is 10.4 Å². The van der Waals surface area contributed by atoms with Gasteiger partial charge in [0.25, 0.3) is 0 Å². The Kier molecular flexibility index (Phi) is 2.58. The maximum atomic E-state index is 11.1. The highest BCUT2D eigenvalue weighted by molar-refractivity contribution is 5.94. The molecule has 17 heavy (non-hydrogen) atoms. The molecule has 0 radical (unpaired) electrons. The molecule has 0 saturated heterocycles. The minimum absolute atomic E-state index is 0.0141. The van der Waals surface area contributed by atoms with Gasteiger partial charge in [0.2, 0.25) is 0 Å². The monoisotopic (exact) mass is 228 g/mol. The third-order valence-corrected chi connectivity index (χ3v) is 2.32. The Morgan fingerprint density at radius 3 is 3.00 bits per heavy atom. The topological polar surface area (TPSA) is 91.8 Å². The summed E-state index contributed by atoms with van der Waals surface area (Å²) in [5.41, 5.74) is 1.01. The molecule has 0 spiro atoms. The van der Waals surface area contributed by atoms with Gasteiger partial charge in [-0.3, -0.25) is 9.67 Å². The standard InChI is InChI=1S/C11H8N4O2/c1-15-10(11(16)17)8(6-14-15)9-7(5-12)3-2-4-13-9/h2-4,6H,1H3,(H,16,17). The number of aromatic nitrogens is 3. The number of rotatable bonds is 2. The second-order valence-electron chi connectivity index (χ2n) is 3.35. The Balaban J connectivity index is 2.70. The Hall–Kier alpha value is -2.68. The van der Waals surface area contributed by atoms with Gasteiger partial charge in [0.1, 0.15) is 6.07 Å². The number of aromatic carboxylic acids is 1. The fraction of sp³-hybridized carbons (Fsp3) is 0.0909. The summed E-state index contributed by atoms with van der Waals surface area (Å²) in [5.74, 6) is -1.10. The van der Waals surface area contributed by atoms with Gasteiger partial charge < -0.3 is 5.11 Å². The van der Waals surface area contributed by atoms with E-state index in [9.17, 15) is 4.79 Å². The molecule has 6 heteroatoms. The summed E-state index contributed by atoms with van der Waals surface area (Å²) in [4.78, 5) is 15.1. The van der Waals surface area contributed by atoms with Crippen LogP contribution in [0, 0.1) is 11.3 Å². The molecule has 0 fully saturated rings. The summed E-state index contributed by atoms with van der Waals surface area (Å²) < 4.78 is 1.24. The summed E-state index contributed by atoms with van der Waals surface area (Å²) >= 11 is 0. The van der Waals surface area contributed by atoms with Crippen LogP contribution < -0.4 is 0 Å². The number of pyridine rings is 1. The summed E-state index contributed by atoms with van der Waals surface area (Å²) in [5, 5.41) is 21.9. The van der Waals surface area contributed by atoms with Crippen LogP contribution in [0.1, 0.15) is 16.1 Å². The summed E-state index contributed by atoms with van der Waals surface area (Å²) in [6.07, 6.45) is 2.90. The van der Waals surface area contributed by atoms with E-state index in [-0.39, 0.29) is 5.69 Å². The molecule has 0 aliphatic heterocycles. The van der Waals surface area contributed by atoms with Crippen molar-refractivity contribution in [2.45, 2.75) is 0 Å². The summed E-state index contributed by atoms with van der Waals surface area (Å²) in [7, 11) is 1.53. The highest BCUT2D eigenvalue weighted by Crippen LogP contribution is 2.24. The van der Waals surface area contributed by atoms with Gasteiger partial charge in [-0.1, -0.05) is 0 Å². The molecule has 2 heterocycles. The second-order valence-corrected chi connectivity index (χ2v) is 3.35. The Morgan fingerprint density at radius 2 is 2.35 bits per heavy atom. The van der Waals surface area contributed by atoms with E-state index < -0.39 is 5.97 Å². The van der Waals surface area contributed by atoms with E-state index >= 15 is 0 Å². The predicted octanol–water partition coefficient (Wildman–Crippen LogP) is 1.05. The molecule has 2 rings (SSSR count). The zero-order valence-electron chi connectivity index (χ0n) is 8.95. The molecule has 0 saturated carbocycles. The first-order valence-corrected chi connectivity index (χ1v) is 4.76. The van der Waals surface area contributed by atoms with Crippen molar-refractivity contribution in [3.63, 3.8) is 0 Å². The van der Waals surface area contributed by atoms with Gasteiger partial charge >= 0.3 is 5.97 Å². The zero-order valence-corrected chi connectivity index (χ0v) is 8.95. The predicted molar refractivity (Wildman–Crippen MR) is 58.1 cm³/mol. The average Bonchev–Trinajstić information content (AvgIpc) is 2.71. The lowest BCUT2D eigenvalue weighted by Gasteiger charge is -2.02. The van der Waals surface area contributed by atoms with E-state index in [2.05, 4.69) is 10.1 Å². The Morgan fingerprint density at radius 1 is 1.59 bits per heavy atom. The van der Waals surface area contributed by atoms with Crippen molar-refractivity contribution in [1.29, 1.82) is 5.26 Å². The second kappa shape index (κ2) is 4.06. The molecule has 0 aromatic carbocycles. The number of carbonyl (C=O) groups is 1. The van der Waals surface area contributed by atoms with Crippen LogP contribution in [0.5, 0.6) is 0 Å². The molecule has 0 bridgehead atoms. The first-order chi connectivity index (χ1) is 8.15. The molecule has 0 amide bonds. The van der Waals surface area contributed by atoms with E-state index in [0.717, 1.165) is 0 Å². The molecule has 2 aromatic heterocycles. The highest BCUT2D eigenvalue weighted by atomic mass is 16.4. The number of carboxylic acid groups (broad SMARTS) is 1. The van der Waals surface area contributed by atoms with Crippen LogP contribution in [-0.2, 0) is 7.05 Å². The van der Waals surface area contributed by atoms with Gasteiger partial charge in [-0.25, -0.2) is 4.79 Å². The van der Waals surface area contributed by atoms with E-state index in [1.165, 1.54) is 24.1 Å². The first kappa shape index (κ1) is 10.8. The van der Waals surface area contributed by atoms with Crippen molar-refractivity contribution in [2.24, 2.45) is 7.05 Å². The number of hydrogen-bond acceptors (Lipinski definition) is 4. The third kappa shape index (κ3) is 1.74. The maximum absolute atomic E-state index is 11.1. The van der Waals surface area contributed by atoms with Crippen LogP contribution in [0.15, 0.2) is 24.5 Å². The fourth-order valence-electron chi connectivity index (χ4n) is 1.57. The third-order valence-electron chi connectivity index (χ3n) is 2.32. The Bertz CT molecular complexity index is 625. The number of aryl methyl sites for hydroxylation is 1. The van der Waals surface area contributed by atoms with E-state index in [1.807, 2.05) is 6.07 Å². The number of nitrogens with zero attached hydrogens (tertiary/aromatic N) is 4. The van der Waals surface area contributed by atoms with Crippen molar-refractivity contribution in [3.8, 4) is 17.3 Å². The van der Waals surface area contributed by atoms with E-state index in [4.69, 9.17) is 10.4 Å². The molecule has 2 aromatic rings. The van der Waals surface area contributed by atoms with Crippen molar-refractivity contribution in [1.82, 2.24) is 14.8 Å². The highest BCUT2D eigenvalue weighted by Gasteiger charge is 2.19. The van der Waals surface area contributed by atoms with E-state index in [0.29, 0.717) is 16.8 Å².